The number of hydrogen-bond donors (Lipinski definition) is 1. The van der Waals surface area contributed by atoms with Crippen molar-refractivity contribution in [3.63, 3.8) is 0 Å². The van der Waals surface area contributed by atoms with Crippen molar-refractivity contribution in [1.82, 2.24) is 0 Å². The zero-order valence-corrected chi connectivity index (χ0v) is 8.18. The lowest BCUT2D eigenvalue weighted by Gasteiger charge is -2.30. The maximum Gasteiger partial charge on any atom is 0.0465 e. The minimum atomic E-state index is -0.0292. The molecule has 2 N–H and O–H groups in total. The molecule has 2 unspecified atom stereocenters. The van der Waals surface area contributed by atoms with Crippen LogP contribution in [0.1, 0.15) is 33.6 Å². The second-order valence-electron chi connectivity index (χ2n) is 3.54. The molecule has 2 atom stereocenters. The van der Waals surface area contributed by atoms with Crippen LogP contribution in [0.15, 0.2) is 0 Å². The van der Waals surface area contributed by atoms with Crippen molar-refractivity contribution < 1.29 is 4.74 Å². The van der Waals surface area contributed by atoms with Crippen molar-refractivity contribution in [1.29, 1.82) is 0 Å². The number of methoxy groups -OCH3 is 1. The summed E-state index contributed by atoms with van der Waals surface area (Å²) in [6, 6.07) is 0. The number of nitrogens with two attached hydrogens (primary N) is 1. The van der Waals surface area contributed by atoms with E-state index >= 15 is 0 Å². The molecule has 0 saturated heterocycles. The summed E-state index contributed by atoms with van der Waals surface area (Å²) >= 11 is 0. The van der Waals surface area contributed by atoms with Gasteiger partial charge in [-0.25, -0.2) is 0 Å². The van der Waals surface area contributed by atoms with E-state index in [1.54, 1.807) is 7.11 Å². The van der Waals surface area contributed by atoms with Gasteiger partial charge in [-0.3, -0.25) is 0 Å². The molecule has 0 aliphatic rings. The van der Waals surface area contributed by atoms with E-state index in [2.05, 4.69) is 20.8 Å². The van der Waals surface area contributed by atoms with Crippen LogP contribution in [-0.2, 0) is 4.74 Å². The van der Waals surface area contributed by atoms with Crippen molar-refractivity contribution in [2.24, 2.45) is 11.7 Å². The van der Waals surface area contributed by atoms with Crippen molar-refractivity contribution in [3.8, 4) is 0 Å². The third-order valence-electron chi connectivity index (χ3n) is 2.64. The molecule has 0 bridgehead atoms. The van der Waals surface area contributed by atoms with Gasteiger partial charge < -0.3 is 10.5 Å². The van der Waals surface area contributed by atoms with Gasteiger partial charge >= 0.3 is 0 Å². The highest BCUT2D eigenvalue weighted by molar-refractivity contribution is 4.82. The Labute approximate surface area is 70.1 Å². The Balaban J connectivity index is 3.71. The van der Waals surface area contributed by atoms with Gasteiger partial charge in [-0.15, -0.1) is 0 Å². The molecule has 0 fully saturated rings. The van der Waals surface area contributed by atoms with Crippen LogP contribution in [0.5, 0.6) is 0 Å². The molecule has 11 heavy (non-hydrogen) atoms. The van der Waals surface area contributed by atoms with E-state index in [1.165, 1.54) is 0 Å². The van der Waals surface area contributed by atoms with Gasteiger partial charge in [0.25, 0.3) is 0 Å². The van der Waals surface area contributed by atoms with Crippen LogP contribution in [0.3, 0.4) is 0 Å². The fourth-order valence-corrected chi connectivity index (χ4v) is 0.973. The second-order valence-corrected chi connectivity index (χ2v) is 3.54. The Hall–Kier alpha value is -0.0800. The molecule has 0 rings (SSSR count). The summed E-state index contributed by atoms with van der Waals surface area (Å²) in [5.41, 5.74) is 6.02. The SMILES string of the molecule is CCC(C)(N)C(C)CCOC. The molecular weight excluding hydrogens is 138 g/mol. The third-order valence-corrected chi connectivity index (χ3v) is 2.64. The van der Waals surface area contributed by atoms with Gasteiger partial charge in [0.2, 0.25) is 0 Å². The highest BCUT2D eigenvalue weighted by atomic mass is 16.5. The topological polar surface area (TPSA) is 35.2 Å². The fraction of sp³-hybridized carbons (Fsp3) is 1.00. The van der Waals surface area contributed by atoms with E-state index in [0.29, 0.717) is 5.92 Å². The molecule has 0 saturated carbocycles. The lowest BCUT2D eigenvalue weighted by molar-refractivity contribution is 0.158. The smallest absolute Gasteiger partial charge is 0.0465 e. The first kappa shape index (κ1) is 10.9. The summed E-state index contributed by atoms with van der Waals surface area (Å²) in [6.45, 7) is 7.23. The van der Waals surface area contributed by atoms with Gasteiger partial charge in [0.15, 0.2) is 0 Å². The quantitative estimate of drug-likeness (QED) is 0.663. The zero-order valence-electron chi connectivity index (χ0n) is 8.18. The first-order valence-corrected chi connectivity index (χ1v) is 4.32. The van der Waals surface area contributed by atoms with Gasteiger partial charge in [-0.05, 0) is 25.7 Å². The number of hydrogen-bond acceptors (Lipinski definition) is 2. The van der Waals surface area contributed by atoms with Crippen molar-refractivity contribution >= 4 is 0 Å². The van der Waals surface area contributed by atoms with Gasteiger partial charge in [-0.2, -0.15) is 0 Å². The van der Waals surface area contributed by atoms with Crippen LogP contribution in [0.25, 0.3) is 0 Å². The van der Waals surface area contributed by atoms with Crippen molar-refractivity contribution in [3.05, 3.63) is 0 Å². The molecule has 0 aliphatic heterocycles. The largest absolute Gasteiger partial charge is 0.385 e. The lowest BCUT2D eigenvalue weighted by Crippen LogP contribution is -2.42. The highest BCUT2D eigenvalue weighted by Gasteiger charge is 2.23. The first-order valence-electron chi connectivity index (χ1n) is 4.32. The molecule has 0 radical (unpaired) electrons. The maximum atomic E-state index is 6.04. The molecule has 0 aliphatic carbocycles. The van der Waals surface area contributed by atoms with E-state index in [9.17, 15) is 0 Å². The van der Waals surface area contributed by atoms with E-state index in [1.807, 2.05) is 0 Å². The molecule has 0 aromatic carbocycles. The molecule has 68 valence electrons. The van der Waals surface area contributed by atoms with Crippen molar-refractivity contribution in [2.75, 3.05) is 13.7 Å². The van der Waals surface area contributed by atoms with Crippen molar-refractivity contribution in [2.45, 2.75) is 39.2 Å². The normalized spacial score (nSPS) is 19.4. The predicted molar refractivity (Wildman–Crippen MR) is 48.5 cm³/mol. The third kappa shape index (κ3) is 3.73. The van der Waals surface area contributed by atoms with E-state index in [4.69, 9.17) is 10.5 Å². The Bertz CT molecular complexity index is 102. The Kier molecular flexibility index (Phi) is 4.69. The summed E-state index contributed by atoms with van der Waals surface area (Å²) in [5, 5.41) is 0. The highest BCUT2D eigenvalue weighted by Crippen LogP contribution is 2.20. The number of rotatable bonds is 5. The minimum Gasteiger partial charge on any atom is -0.385 e. The molecule has 0 heterocycles. The van der Waals surface area contributed by atoms with Crippen LogP contribution in [0, 0.1) is 5.92 Å². The van der Waals surface area contributed by atoms with E-state index < -0.39 is 0 Å². The van der Waals surface area contributed by atoms with Crippen LogP contribution >= 0.6 is 0 Å². The van der Waals surface area contributed by atoms with Crippen LogP contribution < -0.4 is 5.73 Å². The molecule has 2 heteroatoms. The van der Waals surface area contributed by atoms with Crippen LogP contribution in [-0.4, -0.2) is 19.3 Å². The van der Waals surface area contributed by atoms with Crippen LogP contribution in [0.2, 0.25) is 0 Å². The summed E-state index contributed by atoms with van der Waals surface area (Å²) in [6.07, 6.45) is 2.08. The molecule has 0 aromatic rings. The maximum absolute atomic E-state index is 6.04. The van der Waals surface area contributed by atoms with Gasteiger partial charge in [-0.1, -0.05) is 13.8 Å². The molecule has 0 spiro atoms. The average molecular weight is 159 g/mol. The first-order chi connectivity index (χ1) is 5.04. The predicted octanol–water partition coefficient (Wildman–Crippen LogP) is 1.79. The van der Waals surface area contributed by atoms with E-state index in [0.717, 1.165) is 19.4 Å². The Morgan fingerprint density at radius 3 is 2.45 bits per heavy atom. The molecule has 0 aromatic heterocycles. The Morgan fingerprint density at radius 1 is 1.55 bits per heavy atom. The van der Waals surface area contributed by atoms with Crippen LogP contribution in [0.4, 0.5) is 0 Å². The second kappa shape index (κ2) is 4.73. The Morgan fingerprint density at radius 2 is 2.09 bits per heavy atom. The summed E-state index contributed by atoms with van der Waals surface area (Å²) in [7, 11) is 1.73. The molecule has 0 amide bonds. The molecule has 2 nitrogen and oxygen atoms in total. The summed E-state index contributed by atoms with van der Waals surface area (Å²) in [5.74, 6) is 0.535. The summed E-state index contributed by atoms with van der Waals surface area (Å²) in [4.78, 5) is 0. The zero-order chi connectivity index (χ0) is 8.91. The monoisotopic (exact) mass is 159 g/mol. The standard InChI is InChI=1S/C9H21NO/c1-5-9(3,10)8(2)6-7-11-4/h8H,5-7,10H2,1-4H3. The number of ether oxygens (including phenoxy) is 1. The summed E-state index contributed by atoms with van der Waals surface area (Å²) < 4.78 is 5.00. The van der Waals surface area contributed by atoms with E-state index in [-0.39, 0.29) is 5.54 Å². The van der Waals surface area contributed by atoms with Gasteiger partial charge in [0.1, 0.15) is 0 Å². The molecular formula is C9H21NO. The lowest BCUT2D eigenvalue weighted by atomic mass is 9.84. The average Bonchev–Trinajstić information content (AvgIpc) is 2.00. The van der Waals surface area contributed by atoms with Gasteiger partial charge in [0.05, 0.1) is 0 Å². The fourth-order valence-electron chi connectivity index (χ4n) is 0.973. The van der Waals surface area contributed by atoms with Gasteiger partial charge in [0, 0.05) is 19.3 Å². The minimum absolute atomic E-state index is 0.0292.